The molecular weight excluding hydrogens is 334 g/mol. The van der Waals surface area contributed by atoms with Crippen molar-refractivity contribution in [2.24, 2.45) is 0 Å². The molecule has 0 aliphatic rings. The fraction of sp³-hybridized carbons (Fsp3) is 0.222. The van der Waals surface area contributed by atoms with Gasteiger partial charge in [0.05, 0.1) is 19.3 Å². The van der Waals surface area contributed by atoms with Gasteiger partial charge in [-0.05, 0) is 38.1 Å². The minimum absolute atomic E-state index is 0.454. The third-order valence-corrected chi connectivity index (χ3v) is 3.99. The smallest absolute Gasteiger partial charge is 0.263 e. The summed E-state index contributed by atoms with van der Waals surface area (Å²) in [6.45, 7) is 4.11. The molecule has 0 saturated carbocycles. The molecule has 0 aliphatic heterocycles. The first kappa shape index (κ1) is 16.1. The third kappa shape index (κ3) is 2.97. The van der Waals surface area contributed by atoms with Crippen molar-refractivity contribution in [2.75, 3.05) is 12.4 Å². The molecule has 0 atom stereocenters. The Bertz CT molecular complexity index is 1050. The molecule has 0 radical (unpaired) electrons. The van der Waals surface area contributed by atoms with Crippen LogP contribution in [0.4, 0.5) is 5.82 Å². The van der Waals surface area contributed by atoms with Crippen LogP contribution in [0.5, 0.6) is 5.75 Å². The van der Waals surface area contributed by atoms with Gasteiger partial charge in [-0.3, -0.25) is 0 Å². The quantitative estimate of drug-likeness (QED) is 0.583. The SMILES string of the molecule is COc1ccc(-c2cc(CNc3nc(C)nc4onc(C)c34)no2)cc1. The summed E-state index contributed by atoms with van der Waals surface area (Å²) in [6.07, 6.45) is 0. The molecule has 8 nitrogen and oxygen atoms in total. The zero-order chi connectivity index (χ0) is 18.1. The Balaban J connectivity index is 1.54. The number of nitrogens with one attached hydrogen (secondary N) is 1. The van der Waals surface area contributed by atoms with Crippen molar-refractivity contribution < 1.29 is 13.8 Å². The fourth-order valence-corrected chi connectivity index (χ4v) is 2.69. The molecule has 0 unspecified atom stereocenters. The van der Waals surface area contributed by atoms with Crippen molar-refractivity contribution in [2.45, 2.75) is 20.4 Å². The summed E-state index contributed by atoms with van der Waals surface area (Å²) in [5, 5.41) is 12.1. The Hall–Kier alpha value is -3.42. The third-order valence-electron chi connectivity index (χ3n) is 3.99. The molecule has 0 fully saturated rings. The van der Waals surface area contributed by atoms with Crippen LogP contribution in [0.25, 0.3) is 22.4 Å². The molecule has 4 aromatic rings. The number of aryl methyl sites for hydroxylation is 2. The minimum Gasteiger partial charge on any atom is -0.497 e. The first-order chi connectivity index (χ1) is 12.6. The average molecular weight is 351 g/mol. The molecule has 0 aliphatic carbocycles. The summed E-state index contributed by atoms with van der Waals surface area (Å²) >= 11 is 0. The summed E-state index contributed by atoms with van der Waals surface area (Å²) in [4.78, 5) is 8.68. The van der Waals surface area contributed by atoms with E-state index in [0.29, 0.717) is 29.7 Å². The zero-order valence-electron chi connectivity index (χ0n) is 14.6. The second kappa shape index (κ2) is 6.47. The van der Waals surface area contributed by atoms with Crippen LogP contribution in [0.3, 0.4) is 0 Å². The lowest BCUT2D eigenvalue weighted by molar-refractivity contribution is 0.414. The highest BCUT2D eigenvalue weighted by atomic mass is 16.5. The van der Waals surface area contributed by atoms with Crippen molar-refractivity contribution in [3.05, 3.63) is 47.5 Å². The normalized spacial score (nSPS) is 11.0. The average Bonchev–Trinajstić information content (AvgIpc) is 3.27. The second-order valence-electron chi connectivity index (χ2n) is 5.83. The number of nitrogens with zero attached hydrogens (tertiary/aromatic N) is 4. The van der Waals surface area contributed by atoms with Gasteiger partial charge >= 0.3 is 0 Å². The summed E-state index contributed by atoms with van der Waals surface area (Å²) in [7, 11) is 1.64. The van der Waals surface area contributed by atoms with E-state index >= 15 is 0 Å². The van der Waals surface area contributed by atoms with Crippen LogP contribution in [0.2, 0.25) is 0 Å². The van der Waals surface area contributed by atoms with E-state index in [1.165, 1.54) is 0 Å². The van der Waals surface area contributed by atoms with Crippen LogP contribution in [-0.4, -0.2) is 27.4 Å². The number of benzene rings is 1. The first-order valence-corrected chi connectivity index (χ1v) is 8.08. The molecule has 0 bridgehead atoms. The van der Waals surface area contributed by atoms with Crippen molar-refractivity contribution in [3.8, 4) is 17.1 Å². The van der Waals surface area contributed by atoms with E-state index < -0.39 is 0 Å². The molecule has 3 aromatic heterocycles. The Labute approximate surface area is 149 Å². The number of fused-ring (bicyclic) bond motifs is 1. The van der Waals surface area contributed by atoms with Gasteiger partial charge in [-0.25, -0.2) is 4.98 Å². The second-order valence-corrected chi connectivity index (χ2v) is 5.83. The number of anilines is 1. The predicted octanol–water partition coefficient (Wildman–Crippen LogP) is 3.51. The van der Waals surface area contributed by atoms with Gasteiger partial charge in [-0.15, -0.1) is 0 Å². The van der Waals surface area contributed by atoms with E-state index in [-0.39, 0.29) is 0 Å². The number of rotatable bonds is 5. The Morgan fingerprint density at radius 2 is 1.85 bits per heavy atom. The molecule has 0 spiro atoms. The summed E-state index contributed by atoms with van der Waals surface area (Å²) < 4.78 is 15.8. The van der Waals surface area contributed by atoms with Gasteiger partial charge in [0.2, 0.25) is 0 Å². The monoisotopic (exact) mass is 351 g/mol. The van der Waals surface area contributed by atoms with E-state index in [2.05, 4.69) is 25.6 Å². The van der Waals surface area contributed by atoms with E-state index in [0.717, 1.165) is 28.1 Å². The predicted molar refractivity (Wildman–Crippen MR) is 94.9 cm³/mol. The van der Waals surface area contributed by atoms with Crippen LogP contribution in [-0.2, 0) is 6.54 Å². The zero-order valence-corrected chi connectivity index (χ0v) is 14.6. The van der Waals surface area contributed by atoms with E-state index in [1.807, 2.05) is 37.3 Å². The van der Waals surface area contributed by atoms with Gasteiger partial charge in [0.1, 0.15) is 28.5 Å². The fourth-order valence-electron chi connectivity index (χ4n) is 2.69. The number of aromatic nitrogens is 4. The lowest BCUT2D eigenvalue weighted by Gasteiger charge is -2.05. The number of ether oxygens (including phenoxy) is 1. The lowest BCUT2D eigenvalue weighted by Crippen LogP contribution is -2.04. The molecule has 4 rings (SSSR count). The summed E-state index contributed by atoms with van der Waals surface area (Å²) in [6, 6.07) is 9.50. The number of methoxy groups -OCH3 is 1. The van der Waals surface area contributed by atoms with Gasteiger partial charge in [0.25, 0.3) is 5.71 Å². The topological polar surface area (TPSA) is 99.1 Å². The van der Waals surface area contributed by atoms with Gasteiger partial charge in [-0.1, -0.05) is 10.3 Å². The van der Waals surface area contributed by atoms with Crippen molar-refractivity contribution in [1.29, 1.82) is 0 Å². The van der Waals surface area contributed by atoms with Gasteiger partial charge < -0.3 is 19.1 Å². The maximum atomic E-state index is 5.44. The molecule has 0 saturated heterocycles. The standard InChI is InChI=1S/C18H17N5O3/c1-10-16-17(20-11(2)21-18(16)26-22-10)19-9-13-8-15(25-23-13)12-4-6-14(24-3)7-5-12/h4-8H,9H2,1-3H3,(H,19,20,21). The molecule has 8 heteroatoms. The molecule has 0 amide bonds. The first-order valence-electron chi connectivity index (χ1n) is 8.08. The van der Waals surface area contributed by atoms with E-state index in [4.69, 9.17) is 13.8 Å². The summed E-state index contributed by atoms with van der Waals surface area (Å²) in [5.41, 5.74) is 2.90. The van der Waals surface area contributed by atoms with Gasteiger partial charge in [-0.2, -0.15) is 4.98 Å². The highest BCUT2D eigenvalue weighted by Crippen LogP contribution is 2.26. The lowest BCUT2D eigenvalue weighted by atomic mass is 10.1. The van der Waals surface area contributed by atoms with Gasteiger partial charge in [0, 0.05) is 11.6 Å². The van der Waals surface area contributed by atoms with E-state index in [1.54, 1.807) is 14.0 Å². The van der Waals surface area contributed by atoms with Crippen LogP contribution < -0.4 is 10.1 Å². The Morgan fingerprint density at radius 3 is 2.62 bits per heavy atom. The highest BCUT2D eigenvalue weighted by Gasteiger charge is 2.14. The van der Waals surface area contributed by atoms with Crippen LogP contribution >= 0.6 is 0 Å². The van der Waals surface area contributed by atoms with Crippen LogP contribution in [0, 0.1) is 13.8 Å². The van der Waals surface area contributed by atoms with Crippen molar-refractivity contribution >= 4 is 16.9 Å². The van der Waals surface area contributed by atoms with E-state index in [9.17, 15) is 0 Å². The van der Waals surface area contributed by atoms with Crippen LogP contribution in [0.1, 0.15) is 17.2 Å². The molecule has 1 aromatic carbocycles. The minimum atomic E-state index is 0.454. The Kier molecular flexibility index (Phi) is 4.00. The Morgan fingerprint density at radius 1 is 1.04 bits per heavy atom. The molecule has 132 valence electrons. The maximum absolute atomic E-state index is 5.44. The van der Waals surface area contributed by atoms with Crippen LogP contribution in [0.15, 0.2) is 39.4 Å². The largest absolute Gasteiger partial charge is 0.497 e. The summed E-state index contributed by atoms with van der Waals surface area (Å²) in [5.74, 6) is 2.76. The van der Waals surface area contributed by atoms with Gasteiger partial charge in [0.15, 0.2) is 5.76 Å². The molecule has 3 heterocycles. The van der Waals surface area contributed by atoms with Crippen molar-refractivity contribution in [1.82, 2.24) is 20.3 Å². The maximum Gasteiger partial charge on any atom is 0.263 e. The van der Waals surface area contributed by atoms with Crippen molar-refractivity contribution in [3.63, 3.8) is 0 Å². The molecular formula is C18H17N5O3. The highest BCUT2D eigenvalue weighted by molar-refractivity contribution is 5.87. The molecule has 1 N–H and O–H groups in total. The molecule has 26 heavy (non-hydrogen) atoms. The number of hydrogen-bond donors (Lipinski definition) is 1. The number of hydrogen-bond acceptors (Lipinski definition) is 8.